The molecule has 0 radical (unpaired) electrons. The molecule has 2 unspecified atom stereocenters. The molecule has 5 nitrogen and oxygen atoms in total. The lowest BCUT2D eigenvalue weighted by Gasteiger charge is -2.46. The molecular weight excluding hydrogens is 268 g/mol. The minimum Gasteiger partial charge on any atom is -0.391 e. The van der Waals surface area contributed by atoms with E-state index in [0.717, 1.165) is 51.4 Å². The largest absolute Gasteiger partial charge is 0.391 e. The third kappa shape index (κ3) is 3.59. The van der Waals surface area contributed by atoms with E-state index in [1.165, 1.54) is 6.54 Å². The van der Waals surface area contributed by atoms with Crippen molar-refractivity contribution >= 4 is 0 Å². The number of aliphatic hydroxyl groups is 1. The van der Waals surface area contributed by atoms with Gasteiger partial charge in [0.05, 0.1) is 19.3 Å². The van der Waals surface area contributed by atoms with E-state index in [2.05, 4.69) is 23.6 Å². The van der Waals surface area contributed by atoms with E-state index in [0.29, 0.717) is 13.2 Å². The number of rotatable bonds is 3. The maximum Gasteiger partial charge on any atom is 0.170 e. The predicted octanol–water partition coefficient (Wildman–Crippen LogP) is 0.917. The van der Waals surface area contributed by atoms with Crippen LogP contribution in [0.4, 0.5) is 0 Å². The zero-order chi connectivity index (χ0) is 14.9. The van der Waals surface area contributed by atoms with Crippen LogP contribution in [0.15, 0.2) is 0 Å². The highest BCUT2D eigenvalue weighted by Gasteiger charge is 2.46. The number of piperazine rings is 1. The van der Waals surface area contributed by atoms with Crippen molar-refractivity contribution in [3.8, 4) is 0 Å². The second-order valence-corrected chi connectivity index (χ2v) is 7.22. The van der Waals surface area contributed by atoms with Crippen LogP contribution in [0.5, 0.6) is 0 Å². The molecule has 2 atom stereocenters. The summed E-state index contributed by atoms with van der Waals surface area (Å²) in [4.78, 5) is 4.99. The van der Waals surface area contributed by atoms with Gasteiger partial charge >= 0.3 is 0 Å². The summed E-state index contributed by atoms with van der Waals surface area (Å²) in [6.07, 6.45) is 2.20. The molecule has 1 spiro atoms. The van der Waals surface area contributed by atoms with E-state index in [1.54, 1.807) is 0 Å². The molecule has 122 valence electrons. The van der Waals surface area contributed by atoms with Gasteiger partial charge in [-0.1, -0.05) is 13.8 Å². The molecule has 3 rings (SSSR count). The van der Waals surface area contributed by atoms with Crippen LogP contribution in [0.2, 0.25) is 0 Å². The van der Waals surface area contributed by atoms with Crippen LogP contribution < -0.4 is 0 Å². The normalized spacial score (nSPS) is 34.9. The fourth-order valence-corrected chi connectivity index (χ4v) is 4.04. The van der Waals surface area contributed by atoms with Gasteiger partial charge in [0.15, 0.2) is 5.79 Å². The van der Waals surface area contributed by atoms with Gasteiger partial charge in [-0.15, -0.1) is 0 Å². The first-order valence-corrected chi connectivity index (χ1v) is 8.50. The van der Waals surface area contributed by atoms with Gasteiger partial charge in [-0.2, -0.15) is 0 Å². The van der Waals surface area contributed by atoms with E-state index in [1.807, 2.05) is 0 Å². The summed E-state index contributed by atoms with van der Waals surface area (Å²) < 4.78 is 11.7. The second-order valence-electron chi connectivity index (χ2n) is 7.22. The van der Waals surface area contributed by atoms with Crippen molar-refractivity contribution in [1.82, 2.24) is 9.80 Å². The van der Waals surface area contributed by atoms with Gasteiger partial charge in [0.1, 0.15) is 0 Å². The molecule has 1 aliphatic carbocycles. The molecule has 0 amide bonds. The Morgan fingerprint density at radius 1 is 1.14 bits per heavy atom. The van der Waals surface area contributed by atoms with Crippen LogP contribution in [0.25, 0.3) is 0 Å². The fourth-order valence-electron chi connectivity index (χ4n) is 4.04. The summed E-state index contributed by atoms with van der Waals surface area (Å²) in [6.45, 7) is 11.4. The molecule has 1 N–H and O–H groups in total. The Balaban J connectivity index is 1.56. The molecule has 2 saturated heterocycles. The van der Waals surface area contributed by atoms with Gasteiger partial charge < -0.3 is 19.5 Å². The SMILES string of the molecule is CC(C)CN1CCN(C2CC3(CCC2O)OCCO3)CC1. The molecule has 1 saturated carbocycles. The van der Waals surface area contributed by atoms with Crippen molar-refractivity contribution in [3.63, 3.8) is 0 Å². The summed E-state index contributed by atoms with van der Waals surface area (Å²) in [5.74, 6) is 0.319. The molecule has 2 heterocycles. The molecule has 5 heteroatoms. The highest BCUT2D eigenvalue weighted by molar-refractivity contribution is 4.94. The maximum absolute atomic E-state index is 10.4. The Kier molecular flexibility index (Phi) is 4.86. The van der Waals surface area contributed by atoms with Gasteiger partial charge in [-0.3, -0.25) is 4.90 Å². The van der Waals surface area contributed by atoms with Crippen molar-refractivity contribution in [2.24, 2.45) is 5.92 Å². The molecule has 0 aromatic carbocycles. The van der Waals surface area contributed by atoms with Crippen molar-refractivity contribution in [3.05, 3.63) is 0 Å². The molecule has 21 heavy (non-hydrogen) atoms. The second kappa shape index (κ2) is 6.50. The Morgan fingerprint density at radius 3 is 2.43 bits per heavy atom. The summed E-state index contributed by atoms with van der Waals surface area (Å²) in [6, 6.07) is 0.193. The van der Waals surface area contributed by atoms with Gasteiger partial charge in [0.2, 0.25) is 0 Å². The molecule has 3 aliphatic rings. The molecule has 0 aromatic rings. The summed E-state index contributed by atoms with van der Waals surface area (Å²) in [5.41, 5.74) is 0. The van der Waals surface area contributed by atoms with Crippen molar-refractivity contribution in [2.75, 3.05) is 45.9 Å². The standard InChI is InChI=1S/C16H30N2O3/c1-13(2)12-17-5-7-18(8-6-17)14-11-16(4-3-15(14)19)20-9-10-21-16/h13-15,19H,3-12H2,1-2H3. The average Bonchev–Trinajstić information content (AvgIpc) is 2.91. The Labute approximate surface area is 128 Å². The van der Waals surface area contributed by atoms with Crippen LogP contribution in [-0.4, -0.2) is 78.8 Å². The average molecular weight is 298 g/mol. The molecule has 0 bridgehead atoms. The highest BCUT2D eigenvalue weighted by atomic mass is 16.7. The lowest BCUT2D eigenvalue weighted by atomic mass is 9.86. The summed E-state index contributed by atoms with van der Waals surface area (Å²) >= 11 is 0. The maximum atomic E-state index is 10.4. The van der Waals surface area contributed by atoms with Crippen LogP contribution in [-0.2, 0) is 9.47 Å². The zero-order valence-corrected chi connectivity index (χ0v) is 13.5. The number of hydrogen-bond acceptors (Lipinski definition) is 5. The van der Waals surface area contributed by atoms with Crippen molar-refractivity contribution < 1.29 is 14.6 Å². The topological polar surface area (TPSA) is 45.2 Å². The van der Waals surface area contributed by atoms with Gasteiger partial charge in [-0.25, -0.2) is 0 Å². The zero-order valence-electron chi connectivity index (χ0n) is 13.5. The first-order valence-electron chi connectivity index (χ1n) is 8.50. The van der Waals surface area contributed by atoms with E-state index in [-0.39, 0.29) is 12.1 Å². The monoisotopic (exact) mass is 298 g/mol. The van der Waals surface area contributed by atoms with E-state index < -0.39 is 5.79 Å². The lowest BCUT2D eigenvalue weighted by molar-refractivity contribution is -0.206. The fraction of sp³-hybridized carbons (Fsp3) is 1.00. The summed E-state index contributed by atoms with van der Waals surface area (Å²) in [7, 11) is 0. The van der Waals surface area contributed by atoms with Gasteiger partial charge in [-0.05, 0) is 12.3 Å². The number of ether oxygens (including phenoxy) is 2. The van der Waals surface area contributed by atoms with Crippen LogP contribution in [0.1, 0.15) is 33.1 Å². The highest BCUT2D eigenvalue weighted by Crippen LogP contribution is 2.38. The van der Waals surface area contributed by atoms with Crippen LogP contribution >= 0.6 is 0 Å². The Bertz CT molecular complexity index is 336. The van der Waals surface area contributed by atoms with E-state index >= 15 is 0 Å². The quantitative estimate of drug-likeness (QED) is 0.839. The van der Waals surface area contributed by atoms with Gasteiger partial charge in [0, 0.05) is 51.6 Å². The van der Waals surface area contributed by atoms with Crippen molar-refractivity contribution in [1.29, 1.82) is 0 Å². The van der Waals surface area contributed by atoms with Crippen LogP contribution in [0, 0.1) is 5.92 Å². The molecule has 3 fully saturated rings. The van der Waals surface area contributed by atoms with Crippen molar-refractivity contribution in [2.45, 2.75) is 51.0 Å². The van der Waals surface area contributed by atoms with Crippen LogP contribution in [0.3, 0.4) is 0 Å². The smallest absolute Gasteiger partial charge is 0.170 e. The predicted molar refractivity (Wildman–Crippen MR) is 81.1 cm³/mol. The summed E-state index contributed by atoms with van der Waals surface area (Å²) in [5, 5.41) is 10.4. The Morgan fingerprint density at radius 2 is 1.81 bits per heavy atom. The van der Waals surface area contributed by atoms with Gasteiger partial charge in [0.25, 0.3) is 0 Å². The molecule has 2 aliphatic heterocycles. The number of hydrogen-bond donors (Lipinski definition) is 1. The molecule has 0 aromatic heterocycles. The molecular formula is C16H30N2O3. The number of aliphatic hydroxyl groups excluding tert-OH is 1. The minimum absolute atomic E-state index is 0.193. The minimum atomic E-state index is -0.404. The first-order chi connectivity index (χ1) is 10.1. The first kappa shape index (κ1) is 15.7. The third-order valence-electron chi connectivity index (χ3n) is 5.10. The lowest BCUT2D eigenvalue weighted by Crippen LogP contribution is -2.58. The van der Waals surface area contributed by atoms with E-state index in [9.17, 15) is 5.11 Å². The van der Waals surface area contributed by atoms with E-state index in [4.69, 9.17) is 9.47 Å². The third-order valence-corrected chi connectivity index (χ3v) is 5.10. The Hall–Kier alpha value is -0.200. The number of nitrogens with zero attached hydrogens (tertiary/aromatic N) is 2.